The predicted molar refractivity (Wildman–Crippen MR) is 113 cm³/mol. The van der Waals surface area contributed by atoms with E-state index in [1.165, 1.54) is 24.3 Å². The summed E-state index contributed by atoms with van der Waals surface area (Å²) >= 11 is 0. The van der Waals surface area contributed by atoms with Crippen LogP contribution in [0, 0.1) is 0 Å². The number of carbonyl (C=O) groups excluding carboxylic acids is 2. The van der Waals surface area contributed by atoms with Crippen LogP contribution in [0.5, 0.6) is 0 Å². The van der Waals surface area contributed by atoms with Crippen LogP contribution >= 0.6 is 0 Å². The van der Waals surface area contributed by atoms with Gasteiger partial charge in [-0.15, -0.1) is 0 Å². The highest BCUT2D eigenvalue weighted by Gasteiger charge is 2.34. The van der Waals surface area contributed by atoms with Crippen LogP contribution < -0.4 is 10.0 Å². The van der Waals surface area contributed by atoms with Crippen LogP contribution in [0.15, 0.2) is 59.5 Å². The van der Waals surface area contributed by atoms with Gasteiger partial charge in [0, 0.05) is 31.5 Å². The molecule has 3 rings (SSSR count). The number of hydrogen-bond acceptors (Lipinski definition) is 5. The fourth-order valence-electron chi connectivity index (χ4n) is 3.34. The van der Waals surface area contributed by atoms with Crippen molar-refractivity contribution in [2.24, 2.45) is 0 Å². The second-order valence-electron chi connectivity index (χ2n) is 6.94. The molecular weight excluding hydrogens is 406 g/mol. The smallest absolute Gasteiger partial charge is 0.261 e. The number of hydrogen-bond donors (Lipinski definition) is 2. The van der Waals surface area contributed by atoms with Crippen molar-refractivity contribution >= 4 is 27.5 Å². The van der Waals surface area contributed by atoms with E-state index in [1.807, 2.05) is 0 Å². The number of sulfonamides is 1. The highest BCUT2D eigenvalue weighted by molar-refractivity contribution is 7.92. The second-order valence-corrected chi connectivity index (χ2v) is 8.62. The minimum atomic E-state index is -3.70. The summed E-state index contributed by atoms with van der Waals surface area (Å²) in [5.41, 5.74) is 0.750. The Balaban J connectivity index is 1.67. The summed E-state index contributed by atoms with van der Waals surface area (Å²) in [5, 5.41) is 2.78. The van der Waals surface area contributed by atoms with E-state index >= 15 is 0 Å². The van der Waals surface area contributed by atoms with Crippen molar-refractivity contribution in [1.29, 1.82) is 0 Å². The molecule has 2 aromatic rings. The summed E-state index contributed by atoms with van der Waals surface area (Å²) in [6.45, 7) is 1.31. The minimum absolute atomic E-state index is 0.157. The van der Waals surface area contributed by atoms with Gasteiger partial charge in [0.2, 0.25) is 5.91 Å². The number of ether oxygens (including phenoxy) is 1. The minimum Gasteiger partial charge on any atom is -0.383 e. The maximum atomic E-state index is 12.9. The lowest BCUT2D eigenvalue weighted by Crippen LogP contribution is -2.46. The number of nitrogens with zero attached hydrogens (tertiary/aromatic N) is 1. The molecule has 0 bridgehead atoms. The topological polar surface area (TPSA) is 105 Å². The first-order chi connectivity index (χ1) is 14.4. The molecule has 0 spiro atoms. The summed E-state index contributed by atoms with van der Waals surface area (Å²) in [7, 11) is -2.15. The maximum absolute atomic E-state index is 12.9. The molecule has 160 valence electrons. The molecule has 0 aromatic heterocycles. The Bertz CT molecular complexity index is 977. The molecule has 1 aliphatic heterocycles. The molecule has 2 amide bonds. The van der Waals surface area contributed by atoms with E-state index in [9.17, 15) is 18.0 Å². The fraction of sp³-hybridized carbons (Fsp3) is 0.333. The average Bonchev–Trinajstić information content (AvgIpc) is 3.24. The monoisotopic (exact) mass is 431 g/mol. The van der Waals surface area contributed by atoms with Crippen molar-refractivity contribution in [1.82, 2.24) is 10.2 Å². The second kappa shape index (κ2) is 9.73. The molecule has 0 aliphatic carbocycles. The van der Waals surface area contributed by atoms with Gasteiger partial charge in [-0.25, -0.2) is 8.42 Å². The average molecular weight is 432 g/mol. The molecular formula is C21H25N3O5S. The Morgan fingerprint density at radius 2 is 1.80 bits per heavy atom. The standard InChI is InChI=1S/C21H25N3O5S/c1-29-15-13-22-20(25)19-8-5-14-24(19)21(26)16-9-11-17(12-10-16)23-30(27,28)18-6-3-2-4-7-18/h2-4,6-7,9-12,19,23H,5,8,13-15H2,1H3,(H,22,25)/t19-/m1/s1. The van der Waals surface area contributed by atoms with Gasteiger partial charge in [-0.05, 0) is 49.2 Å². The summed E-state index contributed by atoms with van der Waals surface area (Å²) in [5.74, 6) is -0.443. The van der Waals surface area contributed by atoms with Gasteiger partial charge in [0.1, 0.15) is 6.04 Å². The van der Waals surface area contributed by atoms with Crippen LogP contribution in [-0.4, -0.2) is 58.0 Å². The highest BCUT2D eigenvalue weighted by Crippen LogP contribution is 2.22. The molecule has 1 fully saturated rings. The number of anilines is 1. The summed E-state index contributed by atoms with van der Waals surface area (Å²) in [4.78, 5) is 27.0. The van der Waals surface area contributed by atoms with Gasteiger partial charge in [-0.3, -0.25) is 14.3 Å². The molecule has 1 heterocycles. The Kier molecular flexibility index (Phi) is 7.07. The number of benzene rings is 2. The largest absolute Gasteiger partial charge is 0.383 e. The van der Waals surface area contributed by atoms with E-state index in [0.29, 0.717) is 37.4 Å². The van der Waals surface area contributed by atoms with Gasteiger partial charge in [0.05, 0.1) is 11.5 Å². The van der Waals surface area contributed by atoms with Gasteiger partial charge in [-0.1, -0.05) is 18.2 Å². The van der Waals surface area contributed by atoms with Crippen molar-refractivity contribution in [3.8, 4) is 0 Å². The predicted octanol–water partition coefficient (Wildman–Crippen LogP) is 1.85. The number of likely N-dealkylation sites (tertiary alicyclic amines) is 1. The van der Waals surface area contributed by atoms with E-state index in [0.717, 1.165) is 6.42 Å². The zero-order valence-electron chi connectivity index (χ0n) is 16.7. The van der Waals surface area contributed by atoms with Crippen molar-refractivity contribution in [2.75, 3.05) is 31.5 Å². The molecule has 0 saturated carbocycles. The Morgan fingerprint density at radius 1 is 1.10 bits per heavy atom. The summed E-state index contributed by atoms with van der Waals surface area (Å²) < 4.78 is 32.3. The maximum Gasteiger partial charge on any atom is 0.261 e. The Hall–Kier alpha value is -2.91. The van der Waals surface area contributed by atoms with Crippen LogP contribution in [0.3, 0.4) is 0 Å². The third-order valence-corrected chi connectivity index (χ3v) is 6.26. The Labute approximate surface area is 176 Å². The molecule has 0 radical (unpaired) electrons. The third-order valence-electron chi connectivity index (χ3n) is 4.86. The van der Waals surface area contributed by atoms with E-state index in [4.69, 9.17) is 4.74 Å². The number of methoxy groups -OCH3 is 1. The third kappa shape index (κ3) is 5.17. The van der Waals surface area contributed by atoms with Crippen molar-refractivity contribution in [3.63, 3.8) is 0 Å². The van der Waals surface area contributed by atoms with E-state index in [-0.39, 0.29) is 16.7 Å². The first-order valence-electron chi connectivity index (χ1n) is 9.68. The lowest BCUT2D eigenvalue weighted by molar-refractivity contribution is -0.125. The number of carbonyl (C=O) groups is 2. The van der Waals surface area contributed by atoms with Crippen LogP contribution in [0.1, 0.15) is 23.2 Å². The van der Waals surface area contributed by atoms with E-state index in [1.54, 1.807) is 42.3 Å². The number of nitrogens with one attached hydrogen (secondary N) is 2. The van der Waals surface area contributed by atoms with Crippen LogP contribution in [0.4, 0.5) is 5.69 Å². The van der Waals surface area contributed by atoms with Gasteiger partial charge in [0.15, 0.2) is 0 Å². The van der Waals surface area contributed by atoms with Gasteiger partial charge in [-0.2, -0.15) is 0 Å². The van der Waals surface area contributed by atoms with Gasteiger partial charge < -0.3 is 15.0 Å². The van der Waals surface area contributed by atoms with Gasteiger partial charge in [0.25, 0.3) is 15.9 Å². The Morgan fingerprint density at radius 3 is 2.47 bits per heavy atom. The first kappa shape index (κ1) is 21.8. The number of amides is 2. The molecule has 30 heavy (non-hydrogen) atoms. The molecule has 2 aromatic carbocycles. The lowest BCUT2D eigenvalue weighted by Gasteiger charge is -2.24. The van der Waals surface area contributed by atoms with E-state index < -0.39 is 16.1 Å². The quantitative estimate of drug-likeness (QED) is 0.621. The van der Waals surface area contributed by atoms with Crippen LogP contribution in [0.2, 0.25) is 0 Å². The molecule has 1 saturated heterocycles. The molecule has 2 N–H and O–H groups in total. The molecule has 1 atom stereocenters. The van der Waals surface area contributed by atoms with E-state index in [2.05, 4.69) is 10.0 Å². The SMILES string of the molecule is COCCNC(=O)[C@H]1CCCN1C(=O)c1ccc(NS(=O)(=O)c2ccccc2)cc1. The summed E-state index contributed by atoms with van der Waals surface area (Å²) in [6, 6.07) is 13.7. The van der Waals surface area contributed by atoms with Gasteiger partial charge >= 0.3 is 0 Å². The van der Waals surface area contributed by atoms with Crippen molar-refractivity contribution in [2.45, 2.75) is 23.8 Å². The molecule has 1 aliphatic rings. The first-order valence-corrected chi connectivity index (χ1v) is 11.2. The van der Waals surface area contributed by atoms with Crippen LogP contribution in [0.25, 0.3) is 0 Å². The number of rotatable bonds is 8. The van der Waals surface area contributed by atoms with Crippen molar-refractivity contribution < 1.29 is 22.7 Å². The zero-order valence-corrected chi connectivity index (χ0v) is 17.5. The molecule has 9 heteroatoms. The van der Waals surface area contributed by atoms with Crippen LogP contribution in [-0.2, 0) is 19.6 Å². The van der Waals surface area contributed by atoms with Crippen molar-refractivity contribution in [3.05, 3.63) is 60.2 Å². The highest BCUT2D eigenvalue weighted by atomic mass is 32.2. The molecule has 8 nitrogen and oxygen atoms in total. The molecule has 0 unspecified atom stereocenters. The normalized spacial score (nSPS) is 16.3. The fourth-order valence-corrected chi connectivity index (χ4v) is 4.42. The summed E-state index contributed by atoms with van der Waals surface area (Å²) in [6.07, 6.45) is 1.36. The lowest BCUT2D eigenvalue weighted by atomic mass is 10.1. The zero-order chi connectivity index (χ0) is 21.6.